The first-order valence-electron chi connectivity index (χ1n) is 12.8. The molecule has 2 fully saturated rings. The van der Waals surface area contributed by atoms with Crippen molar-refractivity contribution in [2.45, 2.75) is 71.3 Å². The third kappa shape index (κ3) is 5.18. The number of amides is 4. The van der Waals surface area contributed by atoms with E-state index in [2.05, 4.69) is 10.6 Å². The Hall–Kier alpha value is -3.62. The molecular weight excluding hydrogens is 515 g/mol. The van der Waals surface area contributed by atoms with Gasteiger partial charge in [0, 0.05) is 12.2 Å². The largest absolute Gasteiger partial charge is 0.471 e. The van der Waals surface area contributed by atoms with E-state index in [0.717, 1.165) is 0 Å². The van der Waals surface area contributed by atoms with Gasteiger partial charge in [-0.2, -0.15) is 18.4 Å². The average Bonchev–Trinajstić information content (AvgIpc) is 3.15. The third-order valence-electron chi connectivity index (χ3n) is 8.26. The third-order valence-corrected chi connectivity index (χ3v) is 8.26. The zero-order valence-corrected chi connectivity index (χ0v) is 22.3. The van der Waals surface area contributed by atoms with Crippen LogP contribution in [0, 0.1) is 34.0 Å². The Labute approximate surface area is 224 Å². The fourth-order valence-corrected chi connectivity index (χ4v) is 5.99. The van der Waals surface area contributed by atoms with Crippen molar-refractivity contribution >= 4 is 29.3 Å². The molecule has 0 aromatic heterocycles. The van der Waals surface area contributed by atoms with E-state index < -0.39 is 53.4 Å². The Kier molecular flexibility index (Phi) is 6.94. The minimum atomic E-state index is -5.18. The molecule has 1 saturated carbocycles. The molecule has 1 saturated heterocycles. The topological polar surface area (TPSA) is 131 Å². The van der Waals surface area contributed by atoms with Crippen LogP contribution in [0.25, 0.3) is 0 Å². The van der Waals surface area contributed by atoms with Gasteiger partial charge in [0.1, 0.15) is 18.1 Å². The van der Waals surface area contributed by atoms with E-state index in [-0.39, 0.29) is 36.1 Å². The van der Waals surface area contributed by atoms with Crippen LogP contribution in [0.1, 0.15) is 52.5 Å². The molecule has 6 atom stereocenters. The second kappa shape index (κ2) is 9.54. The van der Waals surface area contributed by atoms with Crippen molar-refractivity contribution < 1.29 is 32.3 Å². The molecule has 9 nitrogen and oxygen atoms in total. The van der Waals surface area contributed by atoms with Crippen LogP contribution < -0.4 is 16.0 Å². The molecular formula is C27H32F3N5O4. The van der Waals surface area contributed by atoms with Crippen molar-refractivity contribution in [2.24, 2.45) is 22.7 Å². The highest BCUT2D eigenvalue weighted by Gasteiger charge is 2.70. The number of likely N-dealkylation sites (tertiary alicyclic amines) is 1. The number of benzene rings is 1. The number of para-hydroxylation sites is 1. The molecule has 1 aromatic rings. The molecule has 39 heavy (non-hydrogen) atoms. The van der Waals surface area contributed by atoms with Crippen LogP contribution in [0.2, 0.25) is 0 Å². The maximum atomic E-state index is 13.6. The quantitative estimate of drug-likeness (QED) is 0.504. The van der Waals surface area contributed by atoms with E-state index in [1.54, 1.807) is 24.3 Å². The minimum absolute atomic E-state index is 0.00942. The molecule has 12 heteroatoms. The lowest BCUT2D eigenvalue weighted by Crippen LogP contribution is -2.61. The SMILES string of the molecule is CC(C)(C)[C@H](NC(=O)C(F)(F)F)C(=O)N1C[C@H]2[C@H]([C@H]1C(=O)N[C@@H](C#N)CC1C(=O)Nc3ccccc31)C2(C)C. The number of nitrogens with one attached hydrogen (secondary N) is 3. The molecule has 210 valence electrons. The fourth-order valence-electron chi connectivity index (χ4n) is 5.99. The number of carbonyl (C=O) groups excluding carboxylic acids is 4. The molecule has 1 aliphatic carbocycles. The molecule has 4 amide bonds. The molecule has 2 aliphatic heterocycles. The number of rotatable bonds is 6. The van der Waals surface area contributed by atoms with Gasteiger partial charge in [-0.25, -0.2) is 0 Å². The van der Waals surface area contributed by atoms with Crippen LogP contribution in [0.3, 0.4) is 0 Å². The van der Waals surface area contributed by atoms with Crippen LogP contribution in [0.4, 0.5) is 18.9 Å². The number of hydrogen-bond acceptors (Lipinski definition) is 5. The standard InChI is InChI=1S/C27H32F3N5O4/c1-25(2,3)20(34-24(39)27(28,29)30)23(38)35-12-16-18(26(16,4)5)19(35)22(37)32-13(11-31)10-15-14-8-6-7-9-17(14)33-21(15)36/h6-9,13,15-16,18-20H,10,12H2,1-5H3,(H,32,37)(H,33,36)(H,34,39)/t13-,15?,16+,18-,19+,20-/m1/s1. The van der Waals surface area contributed by atoms with Gasteiger partial charge >= 0.3 is 12.1 Å². The maximum Gasteiger partial charge on any atom is 0.471 e. The summed E-state index contributed by atoms with van der Waals surface area (Å²) in [6.07, 6.45) is -5.17. The number of halogens is 3. The van der Waals surface area contributed by atoms with Gasteiger partial charge in [0.2, 0.25) is 17.7 Å². The van der Waals surface area contributed by atoms with Crippen LogP contribution in [-0.2, 0) is 19.2 Å². The van der Waals surface area contributed by atoms with E-state index in [4.69, 9.17) is 0 Å². The number of anilines is 1. The number of fused-ring (bicyclic) bond motifs is 2. The van der Waals surface area contributed by atoms with Gasteiger partial charge in [-0.3, -0.25) is 19.2 Å². The lowest BCUT2D eigenvalue weighted by molar-refractivity contribution is -0.176. The molecule has 1 unspecified atom stereocenters. The summed E-state index contributed by atoms with van der Waals surface area (Å²) >= 11 is 0. The Bertz CT molecular complexity index is 1250. The average molecular weight is 548 g/mol. The van der Waals surface area contributed by atoms with Crippen LogP contribution >= 0.6 is 0 Å². The number of nitrogens with zero attached hydrogens (tertiary/aromatic N) is 2. The molecule has 3 aliphatic rings. The van der Waals surface area contributed by atoms with Gasteiger partial charge in [0.15, 0.2) is 0 Å². The zero-order valence-electron chi connectivity index (χ0n) is 22.3. The molecule has 3 N–H and O–H groups in total. The van der Waals surface area contributed by atoms with Crippen LogP contribution in [0.15, 0.2) is 24.3 Å². The summed E-state index contributed by atoms with van der Waals surface area (Å²) in [5.41, 5.74) is -0.0246. The van der Waals surface area contributed by atoms with Crippen molar-refractivity contribution in [2.75, 3.05) is 11.9 Å². The summed E-state index contributed by atoms with van der Waals surface area (Å²) in [6, 6.07) is 5.45. The Morgan fingerprint density at radius 3 is 2.41 bits per heavy atom. The summed E-state index contributed by atoms with van der Waals surface area (Å²) in [4.78, 5) is 52.7. The van der Waals surface area contributed by atoms with Crippen molar-refractivity contribution in [1.29, 1.82) is 5.26 Å². The first-order chi connectivity index (χ1) is 18.0. The van der Waals surface area contributed by atoms with Crippen molar-refractivity contribution in [3.05, 3.63) is 29.8 Å². The van der Waals surface area contributed by atoms with E-state index in [1.807, 2.05) is 25.2 Å². The highest BCUT2D eigenvalue weighted by Crippen LogP contribution is 2.65. The van der Waals surface area contributed by atoms with E-state index >= 15 is 0 Å². The fraction of sp³-hybridized carbons (Fsp3) is 0.593. The van der Waals surface area contributed by atoms with Crippen molar-refractivity contribution in [1.82, 2.24) is 15.5 Å². The number of alkyl halides is 3. The van der Waals surface area contributed by atoms with Crippen molar-refractivity contribution in [3.8, 4) is 6.07 Å². The summed E-state index contributed by atoms with van der Waals surface area (Å²) < 4.78 is 39.1. The van der Waals surface area contributed by atoms with Gasteiger partial charge in [0.05, 0.1) is 12.0 Å². The Morgan fingerprint density at radius 2 is 1.82 bits per heavy atom. The number of nitriles is 1. The van der Waals surface area contributed by atoms with E-state index in [9.17, 15) is 37.6 Å². The second-order valence-electron chi connectivity index (χ2n) is 12.2. The lowest BCUT2D eigenvalue weighted by Gasteiger charge is -2.37. The van der Waals surface area contributed by atoms with Crippen LogP contribution in [0.5, 0.6) is 0 Å². The molecule has 2 heterocycles. The molecule has 0 bridgehead atoms. The molecule has 1 aromatic carbocycles. The zero-order chi connectivity index (χ0) is 29.1. The van der Waals surface area contributed by atoms with Gasteiger partial charge in [-0.05, 0) is 40.7 Å². The molecule has 0 spiro atoms. The Morgan fingerprint density at radius 1 is 1.18 bits per heavy atom. The van der Waals surface area contributed by atoms with E-state index in [0.29, 0.717) is 11.3 Å². The Balaban J connectivity index is 1.54. The van der Waals surface area contributed by atoms with Gasteiger partial charge < -0.3 is 20.9 Å². The van der Waals surface area contributed by atoms with Gasteiger partial charge in [-0.15, -0.1) is 0 Å². The highest BCUT2D eigenvalue weighted by molar-refractivity contribution is 6.03. The van der Waals surface area contributed by atoms with Crippen LogP contribution in [-0.4, -0.2) is 59.4 Å². The minimum Gasteiger partial charge on any atom is -0.339 e. The monoisotopic (exact) mass is 547 g/mol. The first-order valence-corrected chi connectivity index (χ1v) is 12.8. The second-order valence-corrected chi connectivity index (χ2v) is 12.2. The maximum absolute atomic E-state index is 13.6. The smallest absolute Gasteiger partial charge is 0.339 e. The summed E-state index contributed by atoms with van der Waals surface area (Å²) in [5, 5.41) is 17.0. The summed E-state index contributed by atoms with van der Waals surface area (Å²) in [6.45, 7) is 8.60. The molecule has 0 radical (unpaired) electrons. The van der Waals surface area contributed by atoms with E-state index in [1.165, 1.54) is 25.7 Å². The number of carbonyl (C=O) groups is 4. The first kappa shape index (κ1) is 28.4. The van der Waals surface area contributed by atoms with Gasteiger partial charge in [-0.1, -0.05) is 52.8 Å². The normalized spacial score (nSPS) is 26.4. The van der Waals surface area contributed by atoms with Crippen molar-refractivity contribution in [3.63, 3.8) is 0 Å². The predicted molar refractivity (Wildman–Crippen MR) is 134 cm³/mol. The molecule has 4 rings (SSSR count). The summed E-state index contributed by atoms with van der Waals surface area (Å²) in [7, 11) is 0. The highest BCUT2D eigenvalue weighted by atomic mass is 19.4. The summed E-state index contributed by atoms with van der Waals surface area (Å²) in [5.74, 6) is -4.92. The lowest BCUT2D eigenvalue weighted by atomic mass is 9.85. The number of piperidine rings is 1. The predicted octanol–water partition coefficient (Wildman–Crippen LogP) is 2.70. The van der Waals surface area contributed by atoms with Gasteiger partial charge in [0.25, 0.3) is 0 Å². The number of hydrogen-bond donors (Lipinski definition) is 3.